The van der Waals surface area contributed by atoms with E-state index in [1.807, 2.05) is 35.0 Å². The molecule has 4 aromatic heterocycles. The van der Waals surface area contributed by atoms with E-state index in [9.17, 15) is 4.79 Å². The Morgan fingerprint density at radius 1 is 1.12 bits per heavy atom. The molecular formula is C33H38N8O2. The molecule has 1 saturated heterocycles. The Hall–Kier alpha value is -4.18. The molecule has 0 radical (unpaired) electrons. The van der Waals surface area contributed by atoms with E-state index in [-0.39, 0.29) is 24.0 Å². The highest BCUT2D eigenvalue weighted by Crippen LogP contribution is 2.40. The van der Waals surface area contributed by atoms with Gasteiger partial charge >= 0.3 is 0 Å². The van der Waals surface area contributed by atoms with Crippen molar-refractivity contribution in [3.63, 3.8) is 0 Å². The lowest BCUT2D eigenvalue weighted by molar-refractivity contribution is 0.0700. The number of likely N-dealkylation sites (tertiary alicyclic amines) is 1. The summed E-state index contributed by atoms with van der Waals surface area (Å²) in [5.41, 5.74) is 12.5. The van der Waals surface area contributed by atoms with Gasteiger partial charge in [-0.25, -0.2) is 9.97 Å². The number of pyridine rings is 1. The minimum atomic E-state index is 0.00965. The Morgan fingerprint density at radius 3 is 2.63 bits per heavy atom. The predicted octanol–water partition coefficient (Wildman–Crippen LogP) is 5.01. The van der Waals surface area contributed by atoms with Crippen molar-refractivity contribution in [2.24, 2.45) is 24.6 Å². The van der Waals surface area contributed by atoms with Crippen LogP contribution < -0.4 is 10.5 Å². The molecule has 222 valence electrons. The van der Waals surface area contributed by atoms with E-state index in [1.165, 1.54) is 12.8 Å². The number of carbonyl (C=O) groups excluding carboxylic acids is 1. The van der Waals surface area contributed by atoms with Gasteiger partial charge in [0.1, 0.15) is 16.9 Å². The van der Waals surface area contributed by atoms with Gasteiger partial charge in [0.25, 0.3) is 5.91 Å². The van der Waals surface area contributed by atoms with E-state index in [0.29, 0.717) is 23.1 Å². The Bertz CT molecular complexity index is 1890. The summed E-state index contributed by atoms with van der Waals surface area (Å²) in [6.07, 6.45) is 8.49. The molecule has 2 saturated carbocycles. The Labute approximate surface area is 250 Å². The van der Waals surface area contributed by atoms with Crippen LogP contribution in [-0.4, -0.2) is 65.4 Å². The maximum atomic E-state index is 13.7. The SMILES string of the molecule is COc1cc(C(=O)N2C[C@H]3CC[C@@H]2[C@@H]3N)cc2nc(-c3cc4ccc(-c5cnn(C(C)C)c5)nc4n3CC3CC3)n(C)c12. The average molecular weight is 579 g/mol. The number of piperidine rings is 1. The molecular weight excluding hydrogens is 540 g/mol. The minimum absolute atomic E-state index is 0.00965. The van der Waals surface area contributed by atoms with Crippen molar-refractivity contribution in [3.8, 4) is 28.5 Å². The maximum absolute atomic E-state index is 13.7. The highest BCUT2D eigenvalue weighted by molar-refractivity contribution is 6.00. The highest BCUT2D eigenvalue weighted by Gasteiger charge is 2.47. The quantitative estimate of drug-likeness (QED) is 0.291. The van der Waals surface area contributed by atoms with Crippen molar-refractivity contribution in [1.82, 2.24) is 33.8 Å². The summed E-state index contributed by atoms with van der Waals surface area (Å²) in [6, 6.07) is 10.7. The molecule has 10 heteroatoms. The number of nitrogens with two attached hydrogens (primary N) is 1. The topological polar surface area (TPSA) is 109 Å². The Balaban J connectivity index is 1.23. The molecule has 1 aliphatic heterocycles. The van der Waals surface area contributed by atoms with Crippen LogP contribution >= 0.6 is 0 Å². The van der Waals surface area contributed by atoms with Crippen LogP contribution in [0, 0.1) is 11.8 Å². The fourth-order valence-electron chi connectivity index (χ4n) is 7.24. The highest BCUT2D eigenvalue weighted by atomic mass is 16.5. The first-order valence-electron chi connectivity index (χ1n) is 15.5. The van der Waals surface area contributed by atoms with Gasteiger partial charge in [0.2, 0.25) is 0 Å². The zero-order chi connectivity index (χ0) is 29.6. The molecule has 2 N–H and O–H groups in total. The molecule has 2 aliphatic carbocycles. The second kappa shape index (κ2) is 9.67. The van der Waals surface area contributed by atoms with Gasteiger partial charge in [-0.05, 0) is 81.7 Å². The molecule has 10 nitrogen and oxygen atoms in total. The summed E-state index contributed by atoms with van der Waals surface area (Å²) in [5, 5.41) is 5.60. The lowest BCUT2D eigenvalue weighted by atomic mass is 10.1. The summed E-state index contributed by atoms with van der Waals surface area (Å²) in [5.74, 6) is 2.51. The van der Waals surface area contributed by atoms with Gasteiger partial charge in [0.15, 0.2) is 5.82 Å². The van der Waals surface area contributed by atoms with Crippen LogP contribution in [0.1, 0.15) is 55.9 Å². The van der Waals surface area contributed by atoms with E-state index < -0.39 is 0 Å². The molecule has 8 rings (SSSR count). The summed E-state index contributed by atoms with van der Waals surface area (Å²) in [7, 11) is 3.67. The second-order valence-corrected chi connectivity index (χ2v) is 13.0. The van der Waals surface area contributed by atoms with E-state index >= 15 is 0 Å². The summed E-state index contributed by atoms with van der Waals surface area (Å²) in [4.78, 5) is 26.0. The lowest BCUT2D eigenvalue weighted by Crippen LogP contribution is -2.41. The molecule has 5 heterocycles. The number of imidazole rings is 1. The number of amides is 1. The van der Waals surface area contributed by atoms with Crippen molar-refractivity contribution in [3.05, 3.63) is 48.3 Å². The number of aromatic nitrogens is 6. The number of rotatable bonds is 7. The maximum Gasteiger partial charge on any atom is 0.254 e. The van der Waals surface area contributed by atoms with Gasteiger partial charge in [-0.1, -0.05) is 0 Å². The molecule has 2 bridgehead atoms. The molecule has 5 aromatic rings. The van der Waals surface area contributed by atoms with E-state index in [2.05, 4.69) is 52.5 Å². The lowest BCUT2D eigenvalue weighted by Gasteiger charge is -2.27. The molecule has 3 aliphatic rings. The van der Waals surface area contributed by atoms with Gasteiger partial charge < -0.3 is 24.5 Å². The van der Waals surface area contributed by atoms with E-state index in [4.69, 9.17) is 20.4 Å². The molecule has 43 heavy (non-hydrogen) atoms. The number of carbonyl (C=O) groups is 1. The number of nitrogens with zero attached hydrogens (tertiary/aromatic N) is 7. The Kier molecular flexibility index (Phi) is 5.95. The molecule has 3 fully saturated rings. The largest absolute Gasteiger partial charge is 0.494 e. The monoisotopic (exact) mass is 578 g/mol. The minimum Gasteiger partial charge on any atom is -0.494 e. The van der Waals surface area contributed by atoms with Crippen LogP contribution in [0.4, 0.5) is 0 Å². The first-order chi connectivity index (χ1) is 20.8. The third-order valence-corrected chi connectivity index (χ3v) is 9.85. The standard InChI is InChI=1S/C33H38N8O2/c1-18(2)41-17-23(14-35-41)24-9-7-20-12-27(39(31(20)36-24)15-19-5-6-19)32-37-25-11-22(13-28(43-4)30(25)38(32)3)33(42)40-16-21-8-10-26(40)29(21)34/h7,9,11-14,17-19,21,26,29H,5-6,8,10,15-16,34H2,1-4H3/t21-,26-,29-/m1/s1. The number of aryl methyl sites for hydroxylation is 1. The van der Waals surface area contributed by atoms with Crippen LogP contribution in [0.3, 0.4) is 0 Å². The fourth-order valence-corrected chi connectivity index (χ4v) is 7.24. The molecule has 3 atom stereocenters. The average Bonchev–Trinajstić information content (AvgIpc) is 3.34. The van der Waals surface area contributed by atoms with Crippen molar-refractivity contribution >= 4 is 28.0 Å². The zero-order valence-corrected chi connectivity index (χ0v) is 25.2. The number of hydrogen-bond donors (Lipinski definition) is 1. The smallest absolute Gasteiger partial charge is 0.254 e. The van der Waals surface area contributed by atoms with Crippen LogP contribution in [0.15, 0.2) is 42.7 Å². The fraction of sp³-hybridized carbons (Fsp3) is 0.455. The first-order valence-corrected chi connectivity index (χ1v) is 15.5. The predicted molar refractivity (Wildman–Crippen MR) is 166 cm³/mol. The van der Waals surface area contributed by atoms with Gasteiger partial charge in [0, 0.05) is 61.0 Å². The third-order valence-electron chi connectivity index (χ3n) is 9.85. The number of hydrogen-bond acceptors (Lipinski definition) is 6. The van der Waals surface area contributed by atoms with Gasteiger partial charge in [-0.15, -0.1) is 0 Å². The van der Waals surface area contributed by atoms with Gasteiger partial charge in [-0.3, -0.25) is 9.48 Å². The van der Waals surface area contributed by atoms with Crippen LogP contribution in [0.5, 0.6) is 5.75 Å². The van der Waals surface area contributed by atoms with E-state index in [0.717, 1.165) is 70.8 Å². The van der Waals surface area contributed by atoms with Gasteiger partial charge in [-0.2, -0.15) is 5.10 Å². The molecule has 1 amide bonds. The van der Waals surface area contributed by atoms with Crippen molar-refractivity contribution in [2.75, 3.05) is 13.7 Å². The number of methoxy groups -OCH3 is 1. The summed E-state index contributed by atoms with van der Waals surface area (Å²) in [6.45, 7) is 5.86. The normalized spacial score (nSPS) is 21.6. The number of fused-ring (bicyclic) bond motifs is 4. The summed E-state index contributed by atoms with van der Waals surface area (Å²) < 4.78 is 12.2. The van der Waals surface area contributed by atoms with Crippen molar-refractivity contribution in [2.45, 2.75) is 64.2 Å². The van der Waals surface area contributed by atoms with Crippen molar-refractivity contribution in [1.29, 1.82) is 0 Å². The second-order valence-electron chi connectivity index (χ2n) is 13.0. The number of benzene rings is 1. The van der Waals surface area contributed by atoms with Gasteiger partial charge in [0.05, 0.1) is 30.2 Å². The van der Waals surface area contributed by atoms with Crippen molar-refractivity contribution < 1.29 is 9.53 Å². The first kappa shape index (κ1) is 26.4. The summed E-state index contributed by atoms with van der Waals surface area (Å²) >= 11 is 0. The molecule has 1 aromatic carbocycles. The Morgan fingerprint density at radius 2 is 1.95 bits per heavy atom. The molecule has 0 spiro atoms. The van der Waals surface area contributed by atoms with Crippen LogP contribution in [0.25, 0.3) is 44.8 Å². The third kappa shape index (κ3) is 4.17. The molecule has 0 unspecified atom stereocenters. The van der Waals surface area contributed by atoms with E-state index in [1.54, 1.807) is 7.11 Å². The van der Waals surface area contributed by atoms with Crippen LogP contribution in [-0.2, 0) is 13.6 Å². The number of ether oxygens (including phenoxy) is 1. The zero-order valence-electron chi connectivity index (χ0n) is 25.2. The van der Waals surface area contributed by atoms with Crippen LogP contribution in [0.2, 0.25) is 0 Å².